The Morgan fingerprint density at radius 2 is 2.31 bits per heavy atom. The predicted octanol–water partition coefficient (Wildman–Crippen LogP) is -0.232. The van der Waals surface area contributed by atoms with Gasteiger partial charge in [0.25, 0.3) is 0 Å². The summed E-state index contributed by atoms with van der Waals surface area (Å²) in [7, 11) is 1.16. The van der Waals surface area contributed by atoms with Gasteiger partial charge in [-0.2, -0.15) is 0 Å². The van der Waals surface area contributed by atoms with Crippen molar-refractivity contribution in [2.24, 2.45) is 0 Å². The van der Waals surface area contributed by atoms with Gasteiger partial charge in [-0.3, -0.25) is 0 Å². The highest BCUT2D eigenvalue weighted by Crippen LogP contribution is 2.22. The molecule has 0 spiro atoms. The molecule has 4 heteroatoms. The first kappa shape index (κ1) is 9.95. The summed E-state index contributed by atoms with van der Waals surface area (Å²) < 4.78 is 4.37. The van der Waals surface area contributed by atoms with Crippen LogP contribution in [0.1, 0.15) is 6.92 Å². The van der Waals surface area contributed by atoms with Gasteiger partial charge in [-0.25, -0.2) is 4.79 Å². The fourth-order valence-electron chi connectivity index (χ4n) is 1.14. The fourth-order valence-corrected chi connectivity index (χ4v) is 1.14. The smallest absolute Gasteiger partial charge is 0.345 e. The van der Waals surface area contributed by atoms with Crippen LogP contribution in [0.4, 0.5) is 0 Å². The third-order valence-electron chi connectivity index (χ3n) is 1.98. The summed E-state index contributed by atoms with van der Waals surface area (Å²) in [6.07, 6.45) is 2.95. The van der Waals surface area contributed by atoms with E-state index in [1.54, 1.807) is 13.0 Å². The van der Waals surface area contributed by atoms with Crippen LogP contribution in [0.15, 0.2) is 23.8 Å². The monoisotopic (exact) mass is 184 g/mol. The Morgan fingerprint density at radius 1 is 1.69 bits per heavy atom. The number of carbonyl (C=O) groups excluding carboxylic acids is 1. The molecule has 4 nitrogen and oxygen atoms in total. The molecule has 72 valence electrons. The van der Waals surface area contributed by atoms with E-state index in [0.717, 1.165) is 12.7 Å². The van der Waals surface area contributed by atoms with Gasteiger partial charge in [0.15, 0.2) is 0 Å². The summed E-state index contributed by atoms with van der Waals surface area (Å²) in [5.74, 6) is -0.861. The Labute approximate surface area is 76.1 Å². The van der Waals surface area contributed by atoms with Gasteiger partial charge in [0.05, 0.1) is 7.11 Å². The van der Waals surface area contributed by atoms with Crippen molar-refractivity contribution >= 4 is 5.97 Å². The summed E-state index contributed by atoms with van der Waals surface area (Å²) in [6.45, 7) is 1.76. The van der Waals surface area contributed by atoms with Gasteiger partial charge < -0.3 is 14.9 Å². The molecule has 0 aromatic heterocycles. The van der Waals surface area contributed by atoms with E-state index < -0.39 is 17.7 Å². The largest absolute Gasteiger partial charge is 0.467 e. The van der Waals surface area contributed by atoms with Crippen molar-refractivity contribution in [2.45, 2.75) is 18.6 Å². The summed E-state index contributed by atoms with van der Waals surface area (Å²) >= 11 is 0. The Bertz CT molecular complexity index is 279. The summed E-state index contributed by atoms with van der Waals surface area (Å²) in [6, 6.07) is 0. The molecule has 0 radical (unpaired) electrons. The Balaban J connectivity index is 2.95. The number of aliphatic hydroxyl groups is 2. The molecule has 2 N–H and O–H groups in total. The summed E-state index contributed by atoms with van der Waals surface area (Å²) in [5.41, 5.74) is -1.14. The Kier molecular flexibility index (Phi) is 2.54. The molecular formula is C9H12O4. The third kappa shape index (κ3) is 1.64. The second-order valence-electron chi connectivity index (χ2n) is 3.01. The van der Waals surface area contributed by atoms with E-state index in [1.165, 1.54) is 12.2 Å². The lowest BCUT2D eigenvalue weighted by Gasteiger charge is -2.27. The maximum Gasteiger partial charge on any atom is 0.345 e. The molecule has 0 aromatic rings. The second kappa shape index (κ2) is 3.32. The van der Waals surface area contributed by atoms with E-state index in [9.17, 15) is 15.0 Å². The molecule has 0 aromatic carbocycles. The van der Waals surface area contributed by atoms with Crippen LogP contribution in [0.5, 0.6) is 0 Å². The SMILES string of the molecule is COC(=O)C1(O)C=CC(C)=CC1O. The number of aliphatic hydroxyl groups excluding tert-OH is 1. The number of methoxy groups -OCH3 is 1. The Morgan fingerprint density at radius 3 is 2.77 bits per heavy atom. The first-order valence-corrected chi connectivity index (χ1v) is 3.87. The zero-order valence-corrected chi connectivity index (χ0v) is 7.52. The van der Waals surface area contributed by atoms with Crippen molar-refractivity contribution in [1.29, 1.82) is 0 Å². The predicted molar refractivity (Wildman–Crippen MR) is 45.9 cm³/mol. The van der Waals surface area contributed by atoms with E-state index in [1.807, 2.05) is 0 Å². The van der Waals surface area contributed by atoms with Crippen molar-refractivity contribution in [3.63, 3.8) is 0 Å². The molecule has 0 aliphatic heterocycles. The van der Waals surface area contributed by atoms with Crippen LogP contribution < -0.4 is 0 Å². The zero-order chi connectivity index (χ0) is 10.1. The zero-order valence-electron chi connectivity index (χ0n) is 7.52. The number of esters is 1. The lowest BCUT2D eigenvalue weighted by molar-refractivity contribution is -0.164. The van der Waals surface area contributed by atoms with Gasteiger partial charge >= 0.3 is 5.97 Å². The standard InChI is InChI=1S/C9H12O4/c1-6-3-4-9(12,7(10)5-6)8(11)13-2/h3-5,7,10,12H,1-2H3. The Hall–Kier alpha value is -1.13. The molecular weight excluding hydrogens is 172 g/mol. The molecule has 0 saturated carbocycles. The van der Waals surface area contributed by atoms with Crippen molar-refractivity contribution in [3.8, 4) is 0 Å². The lowest BCUT2D eigenvalue weighted by Crippen LogP contribution is -2.48. The average Bonchev–Trinajstić information content (AvgIpc) is 2.11. The highest BCUT2D eigenvalue weighted by Gasteiger charge is 2.42. The molecule has 1 aliphatic rings. The van der Waals surface area contributed by atoms with Crippen molar-refractivity contribution in [3.05, 3.63) is 23.8 Å². The van der Waals surface area contributed by atoms with Gasteiger partial charge in [0.1, 0.15) is 6.10 Å². The highest BCUT2D eigenvalue weighted by atomic mass is 16.5. The first-order chi connectivity index (χ1) is 6.00. The van der Waals surface area contributed by atoms with E-state index in [0.29, 0.717) is 0 Å². The molecule has 2 atom stereocenters. The fraction of sp³-hybridized carbons (Fsp3) is 0.444. The number of allylic oxidation sites excluding steroid dienone is 2. The van der Waals surface area contributed by atoms with Crippen LogP contribution in [0.2, 0.25) is 0 Å². The van der Waals surface area contributed by atoms with Crippen LogP contribution in [0, 0.1) is 0 Å². The molecule has 0 amide bonds. The molecule has 0 fully saturated rings. The van der Waals surface area contributed by atoms with Gasteiger partial charge in [-0.05, 0) is 19.1 Å². The number of rotatable bonds is 1. The number of hydrogen-bond donors (Lipinski definition) is 2. The molecule has 1 aliphatic carbocycles. The van der Waals surface area contributed by atoms with Crippen LogP contribution in [-0.4, -0.2) is 35.0 Å². The lowest BCUT2D eigenvalue weighted by atomic mass is 9.90. The minimum absolute atomic E-state index is 0.793. The van der Waals surface area contributed by atoms with Crippen molar-refractivity contribution in [1.82, 2.24) is 0 Å². The minimum atomic E-state index is -1.94. The highest BCUT2D eigenvalue weighted by molar-refractivity contribution is 5.83. The summed E-state index contributed by atoms with van der Waals surface area (Å²) in [5, 5.41) is 19.1. The van der Waals surface area contributed by atoms with Crippen LogP contribution >= 0.6 is 0 Å². The second-order valence-corrected chi connectivity index (χ2v) is 3.01. The maximum atomic E-state index is 11.1. The van der Waals surface area contributed by atoms with Crippen LogP contribution in [0.25, 0.3) is 0 Å². The quantitative estimate of drug-likeness (QED) is 0.552. The number of hydrogen-bond acceptors (Lipinski definition) is 4. The van der Waals surface area contributed by atoms with E-state index in [4.69, 9.17) is 0 Å². The maximum absolute atomic E-state index is 11.1. The van der Waals surface area contributed by atoms with Crippen molar-refractivity contribution in [2.75, 3.05) is 7.11 Å². The number of ether oxygens (including phenoxy) is 1. The summed E-state index contributed by atoms with van der Waals surface area (Å²) in [4.78, 5) is 11.1. The third-order valence-corrected chi connectivity index (χ3v) is 1.98. The molecule has 2 unspecified atom stereocenters. The van der Waals surface area contributed by atoms with Crippen LogP contribution in [-0.2, 0) is 9.53 Å². The van der Waals surface area contributed by atoms with E-state index in [-0.39, 0.29) is 0 Å². The molecule has 0 saturated heterocycles. The first-order valence-electron chi connectivity index (χ1n) is 3.87. The van der Waals surface area contributed by atoms with E-state index >= 15 is 0 Å². The van der Waals surface area contributed by atoms with Gasteiger partial charge in [0, 0.05) is 0 Å². The molecule has 0 bridgehead atoms. The minimum Gasteiger partial charge on any atom is -0.467 e. The topological polar surface area (TPSA) is 66.8 Å². The molecule has 13 heavy (non-hydrogen) atoms. The van der Waals surface area contributed by atoms with Crippen LogP contribution in [0.3, 0.4) is 0 Å². The molecule has 1 rings (SSSR count). The average molecular weight is 184 g/mol. The van der Waals surface area contributed by atoms with Gasteiger partial charge in [-0.15, -0.1) is 0 Å². The number of carbonyl (C=O) groups is 1. The van der Waals surface area contributed by atoms with Gasteiger partial charge in [-0.1, -0.05) is 11.6 Å². The normalized spacial score (nSPS) is 32.6. The van der Waals surface area contributed by atoms with Crippen molar-refractivity contribution < 1.29 is 19.7 Å². The molecule has 0 heterocycles. The van der Waals surface area contributed by atoms with E-state index in [2.05, 4.69) is 4.74 Å². The van der Waals surface area contributed by atoms with Gasteiger partial charge in [0.2, 0.25) is 5.60 Å².